The van der Waals surface area contributed by atoms with Gasteiger partial charge in [-0.1, -0.05) is 0 Å². The number of rotatable bonds is 2. The van der Waals surface area contributed by atoms with Crippen molar-refractivity contribution in [2.45, 2.75) is 19.7 Å². The van der Waals surface area contributed by atoms with Crippen LogP contribution in [0.15, 0.2) is 12.3 Å². The molecule has 0 aliphatic heterocycles. The number of hydrogen-bond acceptors (Lipinski definition) is 2. The summed E-state index contributed by atoms with van der Waals surface area (Å²) in [7, 11) is 1.35. The van der Waals surface area contributed by atoms with E-state index in [2.05, 4.69) is 9.72 Å². The molecular formula is C9H10F3NO. The average molecular weight is 205 g/mol. The Morgan fingerprint density at radius 1 is 1.43 bits per heavy atom. The zero-order chi connectivity index (χ0) is 10.8. The molecule has 0 spiro atoms. The average Bonchev–Trinajstić information content (AvgIpc) is 2.07. The molecule has 0 radical (unpaired) electrons. The summed E-state index contributed by atoms with van der Waals surface area (Å²) >= 11 is 0. The fourth-order valence-corrected chi connectivity index (χ4v) is 1.12. The predicted octanol–water partition coefficient (Wildman–Crippen LogP) is 2.56. The molecule has 0 saturated carbocycles. The van der Waals surface area contributed by atoms with Crippen molar-refractivity contribution in [1.29, 1.82) is 0 Å². The monoisotopic (exact) mass is 205 g/mol. The molecule has 14 heavy (non-hydrogen) atoms. The van der Waals surface area contributed by atoms with Gasteiger partial charge in [-0.15, -0.1) is 0 Å². The molecule has 5 heteroatoms. The third-order valence-corrected chi connectivity index (χ3v) is 1.73. The maximum atomic E-state index is 12.5. The highest BCUT2D eigenvalue weighted by Gasteiger charge is 2.33. The van der Waals surface area contributed by atoms with Gasteiger partial charge in [0.25, 0.3) is 0 Å². The summed E-state index contributed by atoms with van der Waals surface area (Å²) < 4.78 is 42.1. The summed E-state index contributed by atoms with van der Waals surface area (Å²) in [6, 6.07) is 1.02. The van der Waals surface area contributed by atoms with Crippen molar-refractivity contribution in [1.82, 2.24) is 4.98 Å². The topological polar surface area (TPSA) is 22.1 Å². The van der Waals surface area contributed by atoms with Gasteiger partial charge in [-0.3, -0.25) is 4.98 Å². The fourth-order valence-electron chi connectivity index (χ4n) is 1.12. The van der Waals surface area contributed by atoms with E-state index in [9.17, 15) is 13.2 Å². The minimum absolute atomic E-state index is 0.0607. The van der Waals surface area contributed by atoms with Crippen molar-refractivity contribution in [3.63, 3.8) is 0 Å². The molecule has 0 fully saturated rings. The van der Waals surface area contributed by atoms with Gasteiger partial charge < -0.3 is 4.74 Å². The number of alkyl halides is 3. The van der Waals surface area contributed by atoms with E-state index in [1.165, 1.54) is 20.2 Å². The van der Waals surface area contributed by atoms with Gasteiger partial charge in [0.05, 0.1) is 12.2 Å². The molecule has 1 aromatic heterocycles. The minimum Gasteiger partial charge on any atom is -0.380 e. The van der Waals surface area contributed by atoms with Gasteiger partial charge in [0.15, 0.2) is 0 Å². The van der Waals surface area contributed by atoms with Crippen LogP contribution in [-0.2, 0) is 17.5 Å². The molecule has 78 valence electrons. The first-order valence-corrected chi connectivity index (χ1v) is 3.97. The lowest BCUT2D eigenvalue weighted by atomic mass is 10.1. The Balaban J connectivity index is 3.16. The zero-order valence-electron chi connectivity index (χ0n) is 7.85. The van der Waals surface area contributed by atoms with Crippen LogP contribution in [0.2, 0.25) is 0 Å². The smallest absolute Gasteiger partial charge is 0.380 e. The summed E-state index contributed by atoms with van der Waals surface area (Å²) in [6.07, 6.45) is -3.15. The molecule has 0 amide bonds. The van der Waals surface area contributed by atoms with Crippen molar-refractivity contribution in [2.24, 2.45) is 0 Å². The predicted molar refractivity (Wildman–Crippen MR) is 44.7 cm³/mol. The second-order valence-corrected chi connectivity index (χ2v) is 2.91. The van der Waals surface area contributed by atoms with Crippen LogP contribution in [0.3, 0.4) is 0 Å². The number of ether oxygens (including phenoxy) is 1. The van der Waals surface area contributed by atoms with Crippen LogP contribution in [0.5, 0.6) is 0 Å². The highest BCUT2D eigenvalue weighted by Crippen LogP contribution is 2.32. The molecule has 0 aliphatic carbocycles. The van der Waals surface area contributed by atoms with Crippen LogP contribution >= 0.6 is 0 Å². The van der Waals surface area contributed by atoms with Gasteiger partial charge in [-0.05, 0) is 13.0 Å². The van der Waals surface area contributed by atoms with Crippen LogP contribution in [0.1, 0.15) is 16.8 Å². The lowest BCUT2D eigenvalue weighted by molar-refractivity contribution is -0.138. The number of hydrogen-bond donors (Lipinski definition) is 0. The van der Waals surface area contributed by atoms with Gasteiger partial charge in [0.2, 0.25) is 0 Å². The Morgan fingerprint density at radius 2 is 2.07 bits per heavy atom. The van der Waals surface area contributed by atoms with Crippen molar-refractivity contribution in [3.8, 4) is 0 Å². The second-order valence-electron chi connectivity index (χ2n) is 2.91. The summed E-state index contributed by atoms with van der Waals surface area (Å²) in [5.74, 6) is 0. The first-order chi connectivity index (χ1) is 6.45. The molecule has 2 nitrogen and oxygen atoms in total. The van der Waals surface area contributed by atoms with E-state index in [1.807, 2.05) is 0 Å². The maximum Gasteiger partial charge on any atom is 0.416 e. The molecule has 0 saturated heterocycles. The third kappa shape index (κ3) is 2.45. The molecule has 0 aromatic carbocycles. The summed E-state index contributed by atoms with van der Waals surface area (Å²) in [4.78, 5) is 3.79. The Bertz CT molecular complexity index is 322. The molecule has 0 bridgehead atoms. The summed E-state index contributed by atoms with van der Waals surface area (Å²) in [5, 5.41) is 0. The summed E-state index contributed by atoms with van der Waals surface area (Å²) in [5.41, 5.74) is -0.269. The third-order valence-electron chi connectivity index (χ3n) is 1.73. The first-order valence-electron chi connectivity index (χ1n) is 3.97. The number of halogens is 3. The number of aryl methyl sites for hydroxylation is 1. The number of nitrogens with zero attached hydrogens (tertiary/aromatic N) is 1. The highest BCUT2D eigenvalue weighted by molar-refractivity contribution is 5.28. The van der Waals surface area contributed by atoms with Gasteiger partial charge in [0, 0.05) is 24.6 Å². The van der Waals surface area contributed by atoms with Gasteiger partial charge in [-0.25, -0.2) is 0 Å². The van der Waals surface area contributed by atoms with Gasteiger partial charge >= 0.3 is 6.18 Å². The zero-order valence-corrected chi connectivity index (χ0v) is 7.85. The van der Waals surface area contributed by atoms with E-state index in [0.717, 1.165) is 6.07 Å². The van der Waals surface area contributed by atoms with Crippen molar-refractivity contribution in [2.75, 3.05) is 7.11 Å². The highest BCUT2D eigenvalue weighted by atomic mass is 19.4. The standard InChI is InChI=1S/C9H10F3NO/c1-6-3-8(9(10,11)12)7(4-13-6)5-14-2/h3-4H,5H2,1-2H3. The van der Waals surface area contributed by atoms with E-state index in [0.29, 0.717) is 5.69 Å². The molecule has 0 aliphatic rings. The Morgan fingerprint density at radius 3 is 2.57 bits per heavy atom. The van der Waals surface area contributed by atoms with E-state index in [4.69, 9.17) is 0 Å². The molecule has 0 unspecified atom stereocenters. The number of aromatic nitrogens is 1. The van der Waals surface area contributed by atoms with Crippen molar-refractivity contribution in [3.05, 3.63) is 29.1 Å². The molecular weight excluding hydrogens is 195 g/mol. The van der Waals surface area contributed by atoms with Crippen molar-refractivity contribution < 1.29 is 17.9 Å². The largest absolute Gasteiger partial charge is 0.416 e. The first kappa shape index (κ1) is 11.0. The second kappa shape index (κ2) is 3.96. The van der Waals surface area contributed by atoms with Crippen LogP contribution < -0.4 is 0 Å². The van der Waals surface area contributed by atoms with E-state index < -0.39 is 11.7 Å². The van der Waals surface area contributed by atoms with E-state index in [1.54, 1.807) is 0 Å². The van der Waals surface area contributed by atoms with Crippen LogP contribution in [-0.4, -0.2) is 12.1 Å². The van der Waals surface area contributed by atoms with Gasteiger partial charge in [-0.2, -0.15) is 13.2 Å². The number of pyridine rings is 1. The van der Waals surface area contributed by atoms with Gasteiger partial charge in [0.1, 0.15) is 0 Å². The molecule has 0 N–H and O–H groups in total. The van der Waals surface area contributed by atoms with Crippen LogP contribution in [0, 0.1) is 6.92 Å². The van der Waals surface area contributed by atoms with Crippen molar-refractivity contribution >= 4 is 0 Å². The SMILES string of the molecule is COCc1cnc(C)cc1C(F)(F)F. The van der Waals surface area contributed by atoms with E-state index >= 15 is 0 Å². The molecule has 0 atom stereocenters. The van der Waals surface area contributed by atoms with Crippen LogP contribution in [0.25, 0.3) is 0 Å². The molecule has 1 rings (SSSR count). The Hall–Kier alpha value is -1.10. The normalized spacial score (nSPS) is 11.8. The number of methoxy groups -OCH3 is 1. The minimum atomic E-state index is -4.35. The maximum absolute atomic E-state index is 12.5. The lowest BCUT2D eigenvalue weighted by Gasteiger charge is -2.12. The molecule has 1 heterocycles. The fraction of sp³-hybridized carbons (Fsp3) is 0.444. The quantitative estimate of drug-likeness (QED) is 0.740. The summed E-state index contributed by atoms with van der Waals surface area (Å²) in [6.45, 7) is 1.44. The lowest BCUT2D eigenvalue weighted by Crippen LogP contribution is -2.10. The molecule has 1 aromatic rings. The van der Waals surface area contributed by atoms with E-state index in [-0.39, 0.29) is 12.2 Å². The Labute approximate surface area is 79.7 Å². The Kier molecular flexibility index (Phi) is 3.10. The van der Waals surface area contributed by atoms with Crippen LogP contribution in [0.4, 0.5) is 13.2 Å².